The van der Waals surface area contributed by atoms with Gasteiger partial charge in [-0.15, -0.1) is 0 Å². The zero-order chi connectivity index (χ0) is 40.5. The first-order chi connectivity index (χ1) is 30.1. The molecule has 1 aliphatic carbocycles. The van der Waals surface area contributed by atoms with Crippen molar-refractivity contribution in [3.05, 3.63) is 170 Å². The van der Waals surface area contributed by atoms with Gasteiger partial charge in [-0.2, -0.15) is 0 Å². The molecule has 0 heterocycles. The molecule has 1 unspecified atom stereocenters. The molecule has 288 valence electrons. The first kappa shape index (κ1) is 34.4. The number of nitrogens with one attached hydrogen (secondary N) is 2. The van der Waals surface area contributed by atoms with Gasteiger partial charge < -0.3 is 10.6 Å². The molecule has 1 atom stereocenters. The lowest BCUT2D eigenvalue weighted by Gasteiger charge is -2.19. The van der Waals surface area contributed by atoms with Crippen LogP contribution in [0.3, 0.4) is 0 Å². The Morgan fingerprint density at radius 1 is 0.361 bits per heavy atom. The average Bonchev–Trinajstić information content (AvgIpc) is 3.96. The van der Waals surface area contributed by atoms with Crippen LogP contribution in [0.4, 0.5) is 11.4 Å². The van der Waals surface area contributed by atoms with Crippen molar-refractivity contribution in [3.8, 4) is 55.6 Å². The molecule has 12 aromatic rings. The van der Waals surface area contributed by atoms with Gasteiger partial charge >= 0.3 is 0 Å². The van der Waals surface area contributed by atoms with Crippen LogP contribution in [0.1, 0.15) is 20.3 Å². The van der Waals surface area contributed by atoms with E-state index in [2.05, 4.69) is 194 Å². The van der Waals surface area contributed by atoms with E-state index in [1.807, 2.05) is 7.05 Å². The quantitative estimate of drug-likeness (QED) is 0.168. The summed E-state index contributed by atoms with van der Waals surface area (Å²) in [6.45, 7) is 4.51. The first-order valence-corrected chi connectivity index (χ1v) is 21.8. The third-order valence-corrected chi connectivity index (χ3v) is 14.0. The third-order valence-electron chi connectivity index (χ3n) is 14.0. The Balaban J connectivity index is 1.17. The van der Waals surface area contributed by atoms with Crippen LogP contribution in [-0.2, 0) is 0 Å². The number of benzene rings is 10. The minimum absolute atomic E-state index is 0.370. The maximum absolute atomic E-state index is 3.85. The maximum atomic E-state index is 3.85. The van der Waals surface area contributed by atoms with Gasteiger partial charge in [-0.05, 0) is 145 Å². The average molecular weight is 779 g/mol. The molecule has 61 heavy (non-hydrogen) atoms. The lowest BCUT2D eigenvalue weighted by Crippen LogP contribution is -2.14. The van der Waals surface area contributed by atoms with E-state index >= 15 is 0 Å². The summed E-state index contributed by atoms with van der Waals surface area (Å²) in [6.07, 6.45) is 1.06. The van der Waals surface area contributed by atoms with Crippen LogP contribution in [0.25, 0.3) is 131 Å². The Morgan fingerprint density at radius 3 is 1.43 bits per heavy atom. The Labute approximate surface area is 354 Å². The third kappa shape index (κ3) is 4.57. The molecule has 0 spiro atoms. The van der Waals surface area contributed by atoms with Gasteiger partial charge in [0.2, 0.25) is 0 Å². The second-order valence-corrected chi connectivity index (χ2v) is 17.1. The molecular weight excluding hydrogens is 737 g/mol. The number of hydrogen-bond acceptors (Lipinski definition) is 2. The fourth-order valence-corrected chi connectivity index (χ4v) is 11.3. The number of anilines is 2. The van der Waals surface area contributed by atoms with Crippen molar-refractivity contribution in [1.29, 1.82) is 0 Å². The zero-order valence-corrected chi connectivity index (χ0v) is 34.5. The molecule has 2 nitrogen and oxygen atoms in total. The molecule has 1 aliphatic rings. The van der Waals surface area contributed by atoms with Crippen molar-refractivity contribution >= 4 is 86.8 Å². The smallest absolute Gasteiger partial charge is 0.0430 e. The molecule has 0 aliphatic heterocycles. The van der Waals surface area contributed by atoms with E-state index < -0.39 is 0 Å². The summed E-state index contributed by atoms with van der Waals surface area (Å²) in [6, 6.07) is 64.4. The molecule has 0 saturated heterocycles. The van der Waals surface area contributed by atoms with Crippen molar-refractivity contribution < 1.29 is 0 Å². The maximum Gasteiger partial charge on any atom is 0.0430 e. The summed E-state index contributed by atoms with van der Waals surface area (Å²) in [5, 5.41) is 25.9. The number of hydrogen-bond donors (Lipinski definition) is 2. The van der Waals surface area contributed by atoms with E-state index in [4.69, 9.17) is 0 Å². The van der Waals surface area contributed by atoms with E-state index in [0.717, 1.165) is 12.1 Å². The summed E-state index contributed by atoms with van der Waals surface area (Å²) in [4.78, 5) is 0. The predicted octanol–water partition coefficient (Wildman–Crippen LogP) is 16.5. The lowest BCUT2D eigenvalue weighted by atomic mass is 9.87. The van der Waals surface area contributed by atoms with Crippen LogP contribution in [0.5, 0.6) is 0 Å². The standard InChI is InChI=1S/C59H42N2/c1-4-33(2)61-48-32-31-47(60-3)54-43-25-13-21-39-37(27-29-45(52(39)43)55(48)54)38-28-30-46-53-40(38)22-14-26-44(53)58-50(35-15-7-5-8-16-35)56-41-23-11-19-34-20-12-24-42(49(34)41)57(56)51(59(46)58)36-17-9-6-10-18-36/h5-33,60-61H,4H2,1-3H3. The minimum atomic E-state index is 0.370. The summed E-state index contributed by atoms with van der Waals surface area (Å²) in [5.41, 5.74) is 15.2. The normalized spacial score (nSPS) is 12.8. The minimum Gasteiger partial charge on any atom is -0.388 e. The van der Waals surface area contributed by atoms with Crippen LogP contribution in [0, 0.1) is 0 Å². The monoisotopic (exact) mass is 778 g/mol. The molecule has 0 saturated carbocycles. The SMILES string of the molecule is CCC(C)Nc1ccc(NC)c2c1-c1ccc(-c3ccc4c5c(-c6ccccc6)c6c7cccc8cccc(c6c(-c6ccccc6)c5c5cccc3c54)c87)c3cccc-2c13. The van der Waals surface area contributed by atoms with Crippen molar-refractivity contribution in [3.63, 3.8) is 0 Å². The molecule has 0 fully saturated rings. The van der Waals surface area contributed by atoms with Gasteiger partial charge in [0.15, 0.2) is 0 Å². The Hall–Kier alpha value is -7.42. The fourth-order valence-electron chi connectivity index (χ4n) is 11.3. The van der Waals surface area contributed by atoms with E-state index in [-0.39, 0.29) is 0 Å². The number of fused-ring (bicyclic) bond motifs is 9. The Morgan fingerprint density at radius 2 is 0.820 bits per heavy atom. The van der Waals surface area contributed by atoms with Gasteiger partial charge in [0.05, 0.1) is 0 Å². The van der Waals surface area contributed by atoms with Gasteiger partial charge in [0.25, 0.3) is 0 Å². The molecule has 0 radical (unpaired) electrons. The summed E-state index contributed by atoms with van der Waals surface area (Å²) in [5.74, 6) is 0. The largest absolute Gasteiger partial charge is 0.388 e. The van der Waals surface area contributed by atoms with E-state index in [0.29, 0.717) is 6.04 Å². The van der Waals surface area contributed by atoms with Crippen LogP contribution in [-0.4, -0.2) is 13.1 Å². The fraction of sp³-hybridized carbons (Fsp3) is 0.0847. The van der Waals surface area contributed by atoms with Crippen LogP contribution in [0.2, 0.25) is 0 Å². The first-order valence-electron chi connectivity index (χ1n) is 21.8. The molecule has 12 aromatic carbocycles. The van der Waals surface area contributed by atoms with E-state index in [9.17, 15) is 0 Å². The molecule has 0 amide bonds. The van der Waals surface area contributed by atoms with Gasteiger partial charge in [-0.25, -0.2) is 0 Å². The highest BCUT2D eigenvalue weighted by atomic mass is 14.9. The summed E-state index contributed by atoms with van der Waals surface area (Å²) >= 11 is 0. The highest BCUT2D eigenvalue weighted by molar-refractivity contribution is 6.47. The van der Waals surface area contributed by atoms with Crippen LogP contribution < -0.4 is 10.6 Å². The molecular formula is C59H42N2. The molecule has 13 rings (SSSR count). The van der Waals surface area contributed by atoms with Crippen molar-refractivity contribution in [2.75, 3.05) is 17.7 Å². The van der Waals surface area contributed by atoms with E-state index in [1.165, 1.54) is 137 Å². The van der Waals surface area contributed by atoms with Crippen molar-refractivity contribution in [2.45, 2.75) is 26.3 Å². The molecule has 0 bridgehead atoms. The summed E-state index contributed by atoms with van der Waals surface area (Å²) in [7, 11) is 2.04. The second-order valence-electron chi connectivity index (χ2n) is 17.1. The molecule has 2 N–H and O–H groups in total. The van der Waals surface area contributed by atoms with Gasteiger partial charge in [-0.1, -0.05) is 165 Å². The summed E-state index contributed by atoms with van der Waals surface area (Å²) < 4.78 is 0. The highest BCUT2D eigenvalue weighted by Crippen LogP contribution is 2.58. The second kappa shape index (κ2) is 12.8. The zero-order valence-electron chi connectivity index (χ0n) is 34.5. The topological polar surface area (TPSA) is 24.1 Å². The Bertz CT molecular complexity index is 3620. The van der Waals surface area contributed by atoms with Crippen molar-refractivity contribution in [2.24, 2.45) is 0 Å². The highest BCUT2D eigenvalue weighted by Gasteiger charge is 2.30. The van der Waals surface area contributed by atoms with Gasteiger partial charge in [-0.3, -0.25) is 0 Å². The number of rotatable bonds is 7. The van der Waals surface area contributed by atoms with E-state index in [1.54, 1.807) is 0 Å². The van der Waals surface area contributed by atoms with Crippen LogP contribution >= 0.6 is 0 Å². The van der Waals surface area contributed by atoms with Gasteiger partial charge in [0.1, 0.15) is 0 Å². The van der Waals surface area contributed by atoms with Gasteiger partial charge in [0, 0.05) is 35.6 Å². The molecule has 2 heteroatoms. The molecule has 0 aromatic heterocycles. The Kier molecular flexibility index (Phi) is 7.22. The predicted molar refractivity (Wildman–Crippen MR) is 265 cm³/mol. The van der Waals surface area contributed by atoms with Crippen LogP contribution in [0.15, 0.2) is 170 Å². The van der Waals surface area contributed by atoms with Crippen molar-refractivity contribution in [1.82, 2.24) is 0 Å². The lowest BCUT2D eigenvalue weighted by molar-refractivity contribution is 0.764.